The molecule has 6 heteroatoms. The number of hydrogen-bond acceptors (Lipinski definition) is 5. The molecule has 0 amide bonds. The Morgan fingerprint density at radius 3 is 2.11 bits per heavy atom. The summed E-state index contributed by atoms with van der Waals surface area (Å²) in [5.74, 6) is 1.89. The van der Waals surface area contributed by atoms with Crippen LogP contribution in [-0.2, 0) is 19.6 Å². The summed E-state index contributed by atoms with van der Waals surface area (Å²) >= 11 is 0. The number of hydrogen-bond donors (Lipinski definition) is 1. The Balaban J connectivity index is 1.48. The average Bonchev–Trinajstić information content (AvgIpc) is 2.92. The minimum atomic E-state index is 0.446. The minimum Gasteiger partial charge on any atom is -0.485 e. The van der Waals surface area contributed by atoms with E-state index in [2.05, 4.69) is 15.3 Å². The Morgan fingerprint density at radius 1 is 0.800 bits per heavy atom. The summed E-state index contributed by atoms with van der Waals surface area (Å²) in [7, 11) is 0. The van der Waals surface area contributed by atoms with E-state index in [1.54, 1.807) is 12.4 Å². The predicted octanol–water partition coefficient (Wildman–Crippen LogP) is 5.30. The quantitative estimate of drug-likeness (QED) is 0.150. The van der Waals surface area contributed by atoms with Gasteiger partial charge in [-0.05, 0) is 47.4 Å². The van der Waals surface area contributed by atoms with Gasteiger partial charge >= 0.3 is 0 Å². The van der Waals surface area contributed by atoms with Gasteiger partial charge in [0.25, 0.3) is 0 Å². The molecule has 0 atom stereocenters. The van der Waals surface area contributed by atoms with E-state index in [1.165, 1.54) is 0 Å². The fourth-order valence-electron chi connectivity index (χ4n) is 3.47. The van der Waals surface area contributed by atoms with E-state index in [9.17, 15) is 0 Å². The van der Waals surface area contributed by atoms with Crippen LogP contribution in [0.4, 0.5) is 0 Å². The number of nitriles is 1. The minimum absolute atomic E-state index is 0.446. The highest BCUT2D eigenvalue weighted by Crippen LogP contribution is 2.30. The molecule has 1 N–H and O–H groups in total. The number of aliphatic imine (C=N–C) groups is 1. The fourth-order valence-corrected chi connectivity index (χ4v) is 3.47. The van der Waals surface area contributed by atoms with E-state index in [0.717, 1.165) is 22.3 Å². The highest BCUT2D eigenvalue weighted by molar-refractivity contribution is 5.99. The molecule has 4 rings (SSSR count). The van der Waals surface area contributed by atoms with Gasteiger partial charge in [-0.1, -0.05) is 66.7 Å². The zero-order chi connectivity index (χ0) is 24.1. The Bertz CT molecular complexity index is 1270. The first-order valence-corrected chi connectivity index (χ1v) is 11.4. The molecular weight excluding hydrogens is 436 g/mol. The number of aromatic nitrogens is 1. The SMILES string of the molecule is N#CNC(=NCCc1ccc(OCc2ccccc2)c(OCc2ccccc2)c1)c1cccnc1. The lowest BCUT2D eigenvalue weighted by Crippen LogP contribution is -2.20. The van der Waals surface area contributed by atoms with E-state index in [1.807, 2.05) is 97.2 Å². The van der Waals surface area contributed by atoms with Crippen LogP contribution in [0, 0.1) is 11.5 Å². The van der Waals surface area contributed by atoms with Crippen LogP contribution in [0.3, 0.4) is 0 Å². The largest absolute Gasteiger partial charge is 0.485 e. The third kappa shape index (κ3) is 7.18. The van der Waals surface area contributed by atoms with Crippen molar-refractivity contribution < 1.29 is 9.47 Å². The van der Waals surface area contributed by atoms with Crippen molar-refractivity contribution in [3.63, 3.8) is 0 Å². The maximum atomic E-state index is 9.07. The van der Waals surface area contributed by atoms with Crippen LogP contribution in [0.25, 0.3) is 0 Å². The zero-order valence-corrected chi connectivity index (χ0v) is 19.3. The van der Waals surface area contributed by atoms with Crippen molar-refractivity contribution >= 4 is 5.84 Å². The third-order valence-corrected chi connectivity index (χ3v) is 5.26. The van der Waals surface area contributed by atoms with Gasteiger partial charge in [-0.25, -0.2) is 0 Å². The van der Waals surface area contributed by atoms with Crippen molar-refractivity contribution in [2.75, 3.05) is 6.54 Å². The molecule has 0 spiro atoms. The van der Waals surface area contributed by atoms with Crippen molar-refractivity contribution in [2.45, 2.75) is 19.6 Å². The lowest BCUT2D eigenvalue weighted by atomic mass is 10.1. The van der Waals surface area contributed by atoms with Crippen molar-refractivity contribution in [3.8, 4) is 17.7 Å². The summed E-state index contributed by atoms with van der Waals surface area (Å²) in [4.78, 5) is 8.67. The number of rotatable bonds is 10. The van der Waals surface area contributed by atoms with Crippen molar-refractivity contribution in [1.29, 1.82) is 5.26 Å². The van der Waals surface area contributed by atoms with Crippen LogP contribution < -0.4 is 14.8 Å². The first-order valence-electron chi connectivity index (χ1n) is 11.4. The number of ether oxygens (including phenoxy) is 2. The number of benzene rings is 3. The third-order valence-electron chi connectivity index (χ3n) is 5.26. The van der Waals surface area contributed by atoms with Gasteiger partial charge in [0.05, 0.1) is 0 Å². The molecule has 1 heterocycles. The Kier molecular flexibility index (Phi) is 8.45. The molecule has 0 fully saturated rings. The van der Waals surface area contributed by atoms with Gasteiger partial charge in [0.2, 0.25) is 0 Å². The van der Waals surface area contributed by atoms with Crippen LogP contribution in [0.15, 0.2) is 108 Å². The smallest absolute Gasteiger partial charge is 0.182 e. The molecule has 35 heavy (non-hydrogen) atoms. The molecular formula is C29H26N4O2. The average molecular weight is 463 g/mol. The van der Waals surface area contributed by atoms with E-state index >= 15 is 0 Å². The van der Waals surface area contributed by atoms with Gasteiger partial charge in [-0.3, -0.25) is 15.3 Å². The second-order valence-electron chi connectivity index (χ2n) is 7.79. The molecule has 1 aromatic heterocycles. The second-order valence-corrected chi connectivity index (χ2v) is 7.79. The highest BCUT2D eigenvalue weighted by atomic mass is 16.5. The van der Waals surface area contributed by atoms with Crippen molar-refractivity contribution in [1.82, 2.24) is 10.3 Å². The highest BCUT2D eigenvalue weighted by Gasteiger charge is 2.09. The lowest BCUT2D eigenvalue weighted by molar-refractivity contribution is 0.255. The fraction of sp³-hybridized carbons (Fsp3) is 0.138. The molecule has 0 saturated carbocycles. The van der Waals surface area contributed by atoms with E-state index in [0.29, 0.717) is 43.5 Å². The molecule has 0 aliphatic rings. The first-order chi connectivity index (χ1) is 17.3. The topological polar surface area (TPSA) is 79.5 Å². The maximum Gasteiger partial charge on any atom is 0.182 e. The predicted molar refractivity (Wildman–Crippen MR) is 136 cm³/mol. The Morgan fingerprint density at radius 2 is 1.49 bits per heavy atom. The summed E-state index contributed by atoms with van der Waals surface area (Å²) in [6.07, 6.45) is 5.99. The van der Waals surface area contributed by atoms with Crippen LogP contribution in [0.5, 0.6) is 11.5 Å². The normalized spacial score (nSPS) is 10.9. The maximum absolute atomic E-state index is 9.07. The molecule has 0 aliphatic carbocycles. The van der Waals surface area contributed by atoms with Gasteiger partial charge in [0.15, 0.2) is 17.7 Å². The van der Waals surface area contributed by atoms with Gasteiger partial charge in [0.1, 0.15) is 19.0 Å². The van der Waals surface area contributed by atoms with E-state index < -0.39 is 0 Å². The van der Waals surface area contributed by atoms with E-state index in [-0.39, 0.29) is 0 Å². The molecule has 0 bridgehead atoms. The zero-order valence-electron chi connectivity index (χ0n) is 19.3. The van der Waals surface area contributed by atoms with Crippen LogP contribution in [0.1, 0.15) is 22.3 Å². The van der Waals surface area contributed by atoms with E-state index in [4.69, 9.17) is 14.7 Å². The number of amidine groups is 1. The number of nitrogens with one attached hydrogen (secondary N) is 1. The van der Waals surface area contributed by atoms with Crippen LogP contribution in [-0.4, -0.2) is 17.4 Å². The van der Waals surface area contributed by atoms with Crippen molar-refractivity contribution in [3.05, 3.63) is 126 Å². The lowest BCUT2D eigenvalue weighted by Gasteiger charge is -2.14. The monoisotopic (exact) mass is 462 g/mol. The summed E-state index contributed by atoms with van der Waals surface area (Å²) in [5.41, 5.74) is 4.00. The Labute approximate surface area is 205 Å². The molecule has 0 radical (unpaired) electrons. The van der Waals surface area contributed by atoms with Crippen LogP contribution in [0.2, 0.25) is 0 Å². The number of nitrogens with zero attached hydrogens (tertiary/aromatic N) is 3. The number of pyridine rings is 1. The van der Waals surface area contributed by atoms with Gasteiger partial charge in [-0.15, -0.1) is 0 Å². The molecule has 6 nitrogen and oxygen atoms in total. The summed E-state index contributed by atoms with van der Waals surface area (Å²) in [5, 5.41) is 11.7. The first kappa shape index (κ1) is 23.5. The molecule has 174 valence electrons. The van der Waals surface area contributed by atoms with Gasteiger partial charge in [-0.2, -0.15) is 5.26 Å². The van der Waals surface area contributed by atoms with Crippen LogP contribution >= 0.6 is 0 Å². The molecule has 3 aromatic carbocycles. The molecule has 4 aromatic rings. The molecule has 0 saturated heterocycles. The Hall–Kier alpha value is -4.63. The molecule has 0 aliphatic heterocycles. The van der Waals surface area contributed by atoms with Crippen molar-refractivity contribution in [2.24, 2.45) is 4.99 Å². The molecule has 0 unspecified atom stereocenters. The summed E-state index contributed by atoms with van der Waals surface area (Å²) in [6, 6.07) is 29.7. The summed E-state index contributed by atoms with van der Waals surface area (Å²) < 4.78 is 12.3. The van der Waals surface area contributed by atoms with Gasteiger partial charge < -0.3 is 9.47 Å². The van der Waals surface area contributed by atoms with Gasteiger partial charge in [0, 0.05) is 24.5 Å². The summed E-state index contributed by atoms with van der Waals surface area (Å²) in [6.45, 7) is 1.41. The second kappa shape index (κ2) is 12.6. The standard InChI is InChI=1S/C29H26N4O2/c30-22-33-29(26-12-7-16-31-19-26)32-17-15-23-13-14-27(34-20-24-8-3-1-4-9-24)28(18-23)35-21-25-10-5-2-6-11-25/h1-14,16,18-19H,15,17,20-21H2,(H,32,33).